The van der Waals surface area contributed by atoms with Crippen molar-refractivity contribution in [2.24, 2.45) is 10.1 Å². The maximum absolute atomic E-state index is 12.9. The number of ether oxygens (including phenoxy) is 2. The molecule has 2 aromatic carbocycles. The minimum absolute atomic E-state index is 0.160. The zero-order valence-electron chi connectivity index (χ0n) is 18.1. The van der Waals surface area contributed by atoms with Gasteiger partial charge >= 0.3 is 6.18 Å². The molecule has 0 aromatic heterocycles. The number of carbonyl (C=O) groups is 1. The Bertz CT molecular complexity index is 1240. The van der Waals surface area contributed by atoms with Gasteiger partial charge in [0.2, 0.25) is 10.2 Å². The molecule has 0 radical (unpaired) electrons. The third-order valence-corrected chi connectivity index (χ3v) is 5.94. The molecule has 11 heteroatoms. The van der Waals surface area contributed by atoms with E-state index in [9.17, 15) is 18.0 Å². The Balaban J connectivity index is 1.37. The predicted octanol–water partition coefficient (Wildman–Crippen LogP) is 4.94. The Hall–Kier alpha value is -3.60. The first-order chi connectivity index (χ1) is 16.1. The SMILES string of the molecule is Cc1ccc(OCCOc2ccc(/C=C3\C(=N)N4N=C(C(F)(F)F)SC4=NC3=O)cc2)cc1C. The minimum Gasteiger partial charge on any atom is -0.490 e. The lowest BCUT2D eigenvalue weighted by Gasteiger charge is -2.20. The molecule has 34 heavy (non-hydrogen) atoms. The summed E-state index contributed by atoms with van der Waals surface area (Å²) in [7, 11) is 0. The molecule has 0 saturated heterocycles. The number of alkyl halides is 3. The van der Waals surface area contributed by atoms with Gasteiger partial charge in [0.25, 0.3) is 5.91 Å². The van der Waals surface area contributed by atoms with Crippen molar-refractivity contribution in [3.63, 3.8) is 0 Å². The van der Waals surface area contributed by atoms with Crippen molar-refractivity contribution in [1.29, 1.82) is 5.41 Å². The van der Waals surface area contributed by atoms with Crippen LogP contribution in [0.2, 0.25) is 0 Å². The number of nitrogens with one attached hydrogen (secondary N) is 1. The summed E-state index contributed by atoms with van der Waals surface area (Å²) < 4.78 is 50.1. The van der Waals surface area contributed by atoms with Gasteiger partial charge in [-0.3, -0.25) is 10.2 Å². The molecule has 176 valence electrons. The van der Waals surface area contributed by atoms with Crippen LogP contribution in [0.1, 0.15) is 16.7 Å². The summed E-state index contributed by atoms with van der Waals surface area (Å²) in [6, 6.07) is 12.5. The average molecular weight is 488 g/mol. The van der Waals surface area contributed by atoms with Crippen molar-refractivity contribution in [2.45, 2.75) is 20.0 Å². The van der Waals surface area contributed by atoms with Crippen LogP contribution in [-0.2, 0) is 4.79 Å². The molecule has 0 spiro atoms. The van der Waals surface area contributed by atoms with E-state index in [1.54, 1.807) is 24.3 Å². The highest BCUT2D eigenvalue weighted by Crippen LogP contribution is 2.35. The molecule has 2 heterocycles. The Morgan fingerprint density at radius 2 is 1.68 bits per heavy atom. The molecule has 0 aliphatic carbocycles. The fourth-order valence-electron chi connectivity index (χ4n) is 3.06. The number of aryl methyl sites for hydroxylation is 2. The molecule has 4 rings (SSSR count). The molecule has 1 N–H and O–H groups in total. The van der Waals surface area contributed by atoms with Crippen LogP contribution in [0.4, 0.5) is 13.2 Å². The summed E-state index contributed by atoms with van der Waals surface area (Å²) in [6.07, 6.45) is -3.30. The van der Waals surface area contributed by atoms with E-state index in [1.165, 1.54) is 11.6 Å². The van der Waals surface area contributed by atoms with E-state index in [1.807, 2.05) is 32.0 Å². The monoisotopic (exact) mass is 488 g/mol. The lowest BCUT2D eigenvalue weighted by molar-refractivity contribution is -0.114. The third kappa shape index (κ3) is 5.14. The number of halogens is 3. The summed E-state index contributed by atoms with van der Waals surface area (Å²) in [4.78, 5) is 15.9. The van der Waals surface area contributed by atoms with Crippen molar-refractivity contribution < 1.29 is 27.4 Å². The van der Waals surface area contributed by atoms with Crippen molar-refractivity contribution in [2.75, 3.05) is 13.2 Å². The number of hydrogen-bond acceptors (Lipinski definition) is 6. The summed E-state index contributed by atoms with van der Waals surface area (Å²) in [6.45, 7) is 4.72. The number of rotatable bonds is 6. The van der Waals surface area contributed by atoms with Crippen molar-refractivity contribution in [3.8, 4) is 11.5 Å². The van der Waals surface area contributed by atoms with Gasteiger partial charge in [0.15, 0.2) is 5.84 Å². The van der Waals surface area contributed by atoms with Gasteiger partial charge in [0, 0.05) is 0 Å². The Morgan fingerprint density at radius 3 is 2.32 bits per heavy atom. The smallest absolute Gasteiger partial charge is 0.441 e. The first kappa shape index (κ1) is 23.6. The number of nitrogens with zero attached hydrogens (tertiary/aromatic N) is 3. The van der Waals surface area contributed by atoms with E-state index in [0.29, 0.717) is 29.5 Å². The number of hydrazone groups is 1. The molecule has 2 aliphatic rings. The Labute approximate surface area is 197 Å². The molecule has 0 bridgehead atoms. The van der Waals surface area contributed by atoms with Gasteiger partial charge in [-0.25, -0.2) is 0 Å². The lowest BCUT2D eigenvalue weighted by atomic mass is 10.1. The maximum atomic E-state index is 12.9. The second kappa shape index (κ2) is 9.34. The number of benzene rings is 2. The topological polar surface area (TPSA) is 87.3 Å². The largest absolute Gasteiger partial charge is 0.490 e. The molecule has 1 amide bonds. The Morgan fingerprint density at radius 1 is 1.03 bits per heavy atom. The molecular formula is C23H19F3N4O3S. The van der Waals surface area contributed by atoms with E-state index in [2.05, 4.69) is 10.1 Å². The number of aliphatic imine (C=N–C) groups is 1. The maximum Gasteiger partial charge on any atom is 0.441 e. The minimum atomic E-state index is -4.68. The van der Waals surface area contributed by atoms with Gasteiger partial charge in [-0.2, -0.15) is 28.3 Å². The van der Waals surface area contributed by atoms with Gasteiger partial charge < -0.3 is 9.47 Å². The quantitative estimate of drug-likeness (QED) is 0.460. The fourth-order valence-corrected chi connectivity index (χ4v) is 3.81. The van der Waals surface area contributed by atoms with Crippen LogP contribution >= 0.6 is 11.8 Å². The van der Waals surface area contributed by atoms with Crippen LogP contribution in [0.3, 0.4) is 0 Å². The normalized spacial score (nSPS) is 17.0. The van der Waals surface area contributed by atoms with Crippen LogP contribution in [0.5, 0.6) is 11.5 Å². The molecule has 7 nitrogen and oxygen atoms in total. The summed E-state index contributed by atoms with van der Waals surface area (Å²) in [5, 5.41) is 10.8. The van der Waals surface area contributed by atoms with E-state index >= 15 is 0 Å². The molecule has 2 aliphatic heterocycles. The predicted molar refractivity (Wildman–Crippen MR) is 124 cm³/mol. The van der Waals surface area contributed by atoms with Crippen LogP contribution in [0, 0.1) is 19.3 Å². The molecule has 2 aromatic rings. The van der Waals surface area contributed by atoms with Gasteiger partial charge in [-0.05, 0) is 72.6 Å². The first-order valence-electron chi connectivity index (χ1n) is 10.1. The number of carbonyl (C=O) groups excluding carboxylic acids is 1. The highest BCUT2D eigenvalue weighted by molar-refractivity contribution is 8.27. The van der Waals surface area contributed by atoms with E-state index in [4.69, 9.17) is 14.9 Å². The van der Waals surface area contributed by atoms with Crippen molar-refractivity contribution >= 4 is 39.8 Å². The van der Waals surface area contributed by atoms with Gasteiger partial charge in [0.1, 0.15) is 24.7 Å². The summed E-state index contributed by atoms with van der Waals surface area (Å²) in [5.41, 5.74) is 2.73. The van der Waals surface area contributed by atoms with Crippen LogP contribution in [0.15, 0.2) is 58.1 Å². The standard InChI is InChI=1S/C23H19F3N4O3S/c1-13-3-6-17(11-14(13)2)33-10-9-32-16-7-4-15(5-8-16)12-18-19(27)30-22(28-20(18)31)34-21(29-30)23(24,25)26/h3-8,11-12,27H,9-10H2,1-2H3/b18-12+,27-19?. The van der Waals surface area contributed by atoms with Gasteiger partial charge in [-0.15, -0.1) is 0 Å². The third-order valence-electron chi connectivity index (χ3n) is 4.99. The van der Waals surface area contributed by atoms with E-state index in [-0.39, 0.29) is 22.5 Å². The van der Waals surface area contributed by atoms with Gasteiger partial charge in [-0.1, -0.05) is 18.2 Å². The molecule has 0 unspecified atom stereocenters. The van der Waals surface area contributed by atoms with E-state index in [0.717, 1.165) is 11.3 Å². The zero-order chi connectivity index (χ0) is 24.5. The Kier molecular flexibility index (Phi) is 6.47. The second-order valence-corrected chi connectivity index (χ2v) is 8.39. The highest BCUT2D eigenvalue weighted by Gasteiger charge is 2.46. The molecule has 0 fully saturated rings. The summed E-state index contributed by atoms with van der Waals surface area (Å²) >= 11 is 0.214. The van der Waals surface area contributed by atoms with Crippen LogP contribution < -0.4 is 9.47 Å². The number of amidine groups is 2. The zero-order valence-corrected chi connectivity index (χ0v) is 19.0. The molecule has 0 saturated carbocycles. The number of thioether (sulfide) groups is 1. The number of amides is 1. The molecular weight excluding hydrogens is 469 g/mol. The fraction of sp³-hybridized carbons (Fsp3) is 0.217. The molecule has 0 atom stereocenters. The number of fused-ring (bicyclic) bond motifs is 1. The van der Waals surface area contributed by atoms with Crippen LogP contribution in [-0.4, -0.2) is 46.4 Å². The van der Waals surface area contributed by atoms with E-state index < -0.39 is 23.0 Å². The van der Waals surface area contributed by atoms with Crippen LogP contribution in [0.25, 0.3) is 6.08 Å². The van der Waals surface area contributed by atoms with Crippen molar-refractivity contribution in [1.82, 2.24) is 5.01 Å². The summed E-state index contributed by atoms with van der Waals surface area (Å²) in [5.74, 6) is 0.0745. The van der Waals surface area contributed by atoms with Gasteiger partial charge in [0.05, 0.1) is 5.57 Å². The first-order valence-corrected chi connectivity index (χ1v) is 10.9. The second-order valence-electron chi connectivity index (χ2n) is 7.43. The lowest BCUT2D eigenvalue weighted by Crippen LogP contribution is -2.35. The average Bonchev–Trinajstić information content (AvgIpc) is 3.22. The number of hydrogen-bond donors (Lipinski definition) is 1. The van der Waals surface area contributed by atoms with Crippen molar-refractivity contribution in [3.05, 3.63) is 64.7 Å². The highest BCUT2D eigenvalue weighted by atomic mass is 32.2.